The number of aliphatic hydroxyl groups is 1. The molecular formula is C37H43N3O6. The third-order valence-electron chi connectivity index (χ3n) is 8.30. The number of nitrogens with zero attached hydrogens (tertiary/aromatic N) is 1. The van der Waals surface area contributed by atoms with Crippen molar-refractivity contribution in [2.45, 2.75) is 50.6 Å². The van der Waals surface area contributed by atoms with Crippen LogP contribution in [0.4, 0.5) is 5.69 Å². The number of fused-ring (bicyclic) bond motifs is 1. The zero-order valence-corrected chi connectivity index (χ0v) is 26.1. The second kappa shape index (κ2) is 17.1. The SMILES string of the molecule is C=CC[C@H](CC(=O)N1CCC[C@H]1CO)C(=O)N[C@@H](COC(=O)[C@@H](CC=C)Cc1ccccc1)C(=O)Nc1ccc2ccccc2c1. The van der Waals surface area contributed by atoms with E-state index in [1.54, 1.807) is 23.1 Å². The van der Waals surface area contributed by atoms with Gasteiger partial charge in [-0.05, 0) is 60.6 Å². The molecule has 9 heteroatoms. The normalized spacial score (nSPS) is 16.2. The smallest absolute Gasteiger partial charge is 0.309 e. The van der Waals surface area contributed by atoms with Gasteiger partial charge in [0.2, 0.25) is 11.8 Å². The molecule has 3 aromatic carbocycles. The van der Waals surface area contributed by atoms with Gasteiger partial charge in [-0.15, -0.1) is 13.2 Å². The maximum Gasteiger partial charge on any atom is 0.309 e. The van der Waals surface area contributed by atoms with E-state index in [0.29, 0.717) is 31.5 Å². The van der Waals surface area contributed by atoms with Crippen molar-refractivity contribution in [1.82, 2.24) is 10.2 Å². The summed E-state index contributed by atoms with van der Waals surface area (Å²) in [7, 11) is 0. The monoisotopic (exact) mass is 625 g/mol. The number of carbonyl (C=O) groups is 4. The van der Waals surface area contributed by atoms with Gasteiger partial charge in [0.1, 0.15) is 12.6 Å². The average Bonchev–Trinajstić information content (AvgIpc) is 3.56. The molecule has 0 aliphatic carbocycles. The Morgan fingerprint density at radius 3 is 2.33 bits per heavy atom. The van der Waals surface area contributed by atoms with Gasteiger partial charge in [-0.1, -0.05) is 72.8 Å². The van der Waals surface area contributed by atoms with Crippen LogP contribution in [0, 0.1) is 11.8 Å². The van der Waals surface area contributed by atoms with E-state index >= 15 is 0 Å². The number of amides is 3. The van der Waals surface area contributed by atoms with E-state index in [1.165, 1.54) is 0 Å². The van der Waals surface area contributed by atoms with Crippen LogP contribution in [0.2, 0.25) is 0 Å². The lowest BCUT2D eigenvalue weighted by Crippen LogP contribution is -2.50. The quantitative estimate of drug-likeness (QED) is 0.155. The summed E-state index contributed by atoms with van der Waals surface area (Å²) in [6.07, 6.45) is 5.61. The zero-order chi connectivity index (χ0) is 32.9. The summed E-state index contributed by atoms with van der Waals surface area (Å²) in [5.74, 6) is -3.18. The zero-order valence-electron chi connectivity index (χ0n) is 26.1. The average molecular weight is 626 g/mol. The van der Waals surface area contributed by atoms with Gasteiger partial charge in [-0.25, -0.2) is 0 Å². The number of allylic oxidation sites excluding steroid dienone is 2. The Bertz CT molecular complexity index is 1520. The summed E-state index contributed by atoms with van der Waals surface area (Å²) in [4.78, 5) is 55.2. The minimum absolute atomic E-state index is 0.106. The van der Waals surface area contributed by atoms with Crippen molar-refractivity contribution in [3.63, 3.8) is 0 Å². The molecule has 0 unspecified atom stereocenters. The van der Waals surface area contributed by atoms with Crippen LogP contribution < -0.4 is 10.6 Å². The van der Waals surface area contributed by atoms with Crippen molar-refractivity contribution in [3.8, 4) is 0 Å². The molecule has 3 N–H and O–H groups in total. The second-order valence-corrected chi connectivity index (χ2v) is 11.6. The van der Waals surface area contributed by atoms with Crippen LogP contribution >= 0.6 is 0 Å². The lowest BCUT2D eigenvalue weighted by Gasteiger charge is -2.26. The van der Waals surface area contributed by atoms with Gasteiger partial charge in [-0.3, -0.25) is 19.2 Å². The Kier molecular flexibility index (Phi) is 12.7. The molecule has 4 rings (SSSR count). The molecule has 0 aromatic heterocycles. The Labute approximate surface area is 270 Å². The van der Waals surface area contributed by atoms with Crippen molar-refractivity contribution in [3.05, 3.63) is 104 Å². The van der Waals surface area contributed by atoms with Crippen LogP contribution in [-0.4, -0.2) is 65.5 Å². The van der Waals surface area contributed by atoms with E-state index in [-0.39, 0.29) is 31.4 Å². The molecule has 9 nitrogen and oxygen atoms in total. The third kappa shape index (κ3) is 9.37. The molecule has 0 saturated carbocycles. The highest BCUT2D eigenvalue weighted by Crippen LogP contribution is 2.22. The standard InChI is InChI=1S/C37H43N3O6/c1-3-11-29(23-34(42)40-20-10-17-32(40)24-41)35(43)39-33(36(44)38-31-19-18-27-15-8-9-16-28(27)22-31)25-46-37(45)30(12-4-2)21-26-13-6-5-7-14-26/h3-9,13-16,18-19,22,29-30,32-33,41H,1-2,10-12,17,20-21,23-25H2,(H,38,44)(H,39,43)/t29-,30+,32+,33+/m1/s1. The fourth-order valence-electron chi connectivity index (χ4n) is 5.78. The number of likely N-dealkylation sites (tertiary alicyclic amines) is 1. The second-order valence-electron chi connectivity index (χ2n) is 11.6. The van der Waals surface area contributed by atoms with Gasteiger partial charge in [-0.2, -0.15) is 0 Å². The molecule has 242 valence electrons. The van der Waals surface area contributed by atoms with Gasteiger partial charge in [0, 0.05) is 18.7 Å². The van der Waals surface area contributed by atoms with Gasteiger partial charge in [0.05, 0.1) is 24.5 Å². The maximum atomic E-state index is 13.6. The van der Waals surface area contributed by atoms with Crippen LogP contribution in [0.3, 0.4) is 0 Å². The molecule has 3 aromatic rings. The summed E-state index contributed by atoms with van der Waals surface area (Å²) in [5, 5.41) is 17.2. The first-order chi connectivity index (χ1) is 22.3. The predicted octanol–water partition coefficient (Wildman–Crippen LogP) is 4.81. The molecule has 1 aliphatic rings. The first-order valence-electron chi connectivity index (χ1n) is 15.8. The number of ether oxygens (including phenoxy) is 1. The number of rotatable bonds is 16. The fourth-order valence-corrected chi connectivity index (χ4v) is 5.78. The van der Waals surface area contributed by atoms with E-state index in [2.05, 4.69) is 23.8 Å². The minimum atomic E-state index is -1.23. The number of hydrogen-bond acceptors (Lipinski definition) is 6. The first kappa shape index (κ1) is 34.1. The van der Waals surface area contributed by atoms with Gasteiger partial charge >= 0.3 is 5.97 Å². The lowest BCUT2D eigenvalue weighted by atomic mass is 9.96. The van der Waals surface area contributed by atoms with E-state index in [0.717, 1.165) is 22.8 Å². The van der Waals surface area contributed by atoms with Crippen molar-refractivity contribution in [2.24, 2.45) is 11.8 Å². The third-order valence-corrected chi connectivity index (χ3v) is 8.30. The Hall–Kier alpha value is -4.76. The number of benzene rings is 3. The van der Waals surface area contributed by atoms with Crippen molar-refractivity contribution >= 4 is 40.2 Å². The molecular weight excluding hydrogens is 582 g/mol. The summed E-state index contributed by atoms with van der Waals surface area (Å²) in [5.41, 5.74) is 1.48. The molecule has 3 amide bonds. The van der Waals surface area contributed by atoms with E-state index in [1.807, 2.05) is 66.7 Å². The van der Waals surface area contributed by atoms with E-state index < -0.39 is 42.3 Å². The summed E-state index contributed by atoms with van der Waals surface area (Å²) >= 11 is 0. The number of carbonyl (C=O) groups excluding carboxylic acids is 4. The van der Waals surface area contributed by atoms with Crippen molar-refractivity contribution < 1.29 is 29.0 Å². The highest BCUT2D eigenvalue weighted by Gasteiger charge is 2.33. The van der Waals surface area contributed by atoms with Crippen LogP contribution in [0.25, 0.3) is 10.8 Å². The molecule has 0 radical (unpaired) electrons. The maximum absolute atomic E-state index is 13.6. The van der Waals surface area contributed by atoms with Gasteiger partial charge in [0.25, 0.3) is 5.91 Å². The van der Waals surface area contributed by atoms with E-state index in [4.69, 9.17) is 4.74 Å². The van der Waals surface area contributed by atoms with E-state index in [9.17, 15) is 24.3 Å². The van der Waals surface area contributed by atoms with Gasteiger partial charge in [0.15, 0.2) is 0 Å². The summed E-state index contributed by atoms with van der Waals surface area (Å²) in [6, 6.07) is 21.2. The molecule has 0 bridgehead atoms. The number of aliphatic hydroxyl groups excluding tert-OH is 1. The highest BCUT2D eigenvalue weighted by molar-refractivity contribution is 5.99. The predicted molar refractivity (Wildman–Crippen MR) is 179 cm³/mol. The number of anilines is 1. The molecule has 0 spiro atoms. The lowest BCUT2D eigenvalue weighted by molar-refractivity contribution is -0.150. The van der Waals surface area contributed by atoms with Crippen LogP contribution in [0.15, 0.2) is 98.1 Å². The topological polar surface area (TPSA) is 125 Å². The summed E-state index contributed by atoms with van der Waals surface area (Å²) in [6.45, 7) is 7.50. The fraction of sp³-hybridized carbons (Fsp3) is 0.351. The Balaban J connectivity index is 1.50. The molecule has 1 aliphatic heterocycles. The summed E-state index contributed by atoms with van der Waals surface area (Å²) < 4.78 is 5.67. The van der Waals surface area contributed by atoms with Crippen molar-refractivity contribution in [1.29, 1.82) is 0 Å². The van der Waals surface area contributed by atoms with Crippen LogP contribution in [0.5, 0.6) is 0 Å². The first-order valence-corrected chi connectivity index (χ1v) is 15.8. The number of esters is 1. The Morgan fingerprint density at radius 2 is 1.61 bits per heavy atom. The molecule has 1 heterocycles. The molecule has 1 fully saturated rings. The Morgan fingerprint density at radius 1 is 0.913 bits per heavy atom. The molecule has 4 atom stereocenters. The molecule has 46 heavy (non-hydrogen) atoms. The largest absolute Gasteiger partial charge is 0.463 e. The highest BCUT2D eigenvalue weighted by atomic mass is 16.5. The van der Waals surface area contributed by atoms with Crippen LogP contribution in [-0.2, 0) is 30.3 Å². The van der Waals surface area contributed by atoms with Crippen molar-refractivity contribution in [2.75, 3.05) is 25.1 Å². The number of hydrogen-bond donors (Lipinski definition) is 3. The van der Waals surface area contributed by atoms with Crippen LogP contribution in [0.1, 0.15) is 37.7 Å². The van der Waals surface area contributed by atoms with Gasteiger partial charge < -0.3 is 25.4 Å². The number of nitrogens with one attached hydrogen (secondary N) is 2. The molecule has 1 saturated heterocycles. The minimum Gasteiger partial charge on any atom is -0.463 e.